The molecular formula is C8H15N3S2. The van der Waals surface area contributed by atoms with Crippen LogP contribution in [0.25, 0.3) is 0 Å². The lowest BCUT2D eigenvalue weighted by Crippen LogP contribution is -2.24. The van der Waals surface area contributed by atoms with E-state index in [0.717, 1.165) is 10.8 Å². The number of hydrogen-bond donors (Lipinski definition) is 1. The fraction of sp³-hybridized carbons (Fsp3) is 0.750. The molecule has 0 aliphatic rings. The Bertz CT molecular complexity index is 225. The summed E-state index contributed by atoms with van der Waals surface area (Å²) in [6.45, 7) is 4.41. The number of hydrogen-bond acceptors (Lipinski definition) is 5. The molecule has 0 aliphatic carbocycles. The highest BCUT2D eigenvalue weighted by Gasteiger charge is 2.09. The van der Waals surface area contributed by atoms with Crippen molar-refractivity contribution in [1.29, 1.82) is 0 Å². The molecule has 13 heavy (non-hydrogen) atoms. The highest BCUT2D eigenvalue weighted by Crippen LogP contribution is 2.26. The molecule has 1 rings (SSSR count). The third-order valence-corrected chi connectivity index (χ3v) is 3.76. The van der Waals surface area contributed by atoms with Gasteiger partial charge in [-0.1, -0.05) is 30.0 Å². The predicted molar refractivity (Wildman–Crippen MR) is 58.4 cm³/mol. The van der Waals surface area contributed by atoms with E-state index in [1.807, 2.05) is 7.05 Å². The molecule has 2 atom stereocenters. The molecule has 0 bridgehead atoms. The summed E-state index contributed by atoms with van der Waals surface area (Å²) in [5.74, 6) is 0. The summed E-state index contributed by atoms with van der Waals surface area (Å²) in [6.07, 6.45) is 1.15. The summed E-state index contributed by atoms with van der Waals surface area (Å²) in [6, 6.07) is 0.565. The van der Waals surface area contributed by atoms with E-state index in [1.165, 1.54) is 0 Å². The van der Waals surface area contributed by atoms with Gasteiger partial charge in [-0.2, -0.15) is 0 Å². The van der Waals surface area contributed by atoms with E-state index in [4.69, 9.17) is 0 Å². The average Bonchev–Trinajstić information content (AvgIpc) is 2.56. The number of thioether (sulfide) groups is 1. The summed E-state index contributed by atoms with van der Waals surface area (Å²) in [5, 5.41) is 11.6. The van der Waals surface area contributed by atoms with Gasteiger partial charge in [0.25, 0.3) is 0 Å². The van der Waals surface area contributed by atoms with Crippen molar-refractivity contribution in [3.8, 4) is 0 Å². The zero-order valence-corrected chi connectivity index (χ0v) is 9.78. The van der Waals surface area contributed by atoms with Crippen LogP contribution in [0.1, 0.15) is 20.3 Å². The minimum atomic E-state index is 0.565. The van der Waals surface area contributed by atoms with E-state index >= 15 is 0 Å². The maximum Gasteiger partial charge on any atom is 0.174 e. The van der Waals surface area contributed by atoms with Gasteiger partial charge in [0.05, 0.1) is 0 Å². The molecule has 0 aliphatic heterocycles. The van der Waals surface area contributed by atoms with Crippen molar-refractivity contribution < 1.29 is 0 Å². The van der Waals surface area contributed by atoms with Crippen LogP contribution in [0.5, 0.6) is 0 Å². The van der Waals surface area contributed by atoms with Crippen molar-refractivity contribution in [2.24, 2.45) is 0 Å². The quantitative estimate of drug-likeness (QED) is 0.766. The van der Waals surface area contributed by atoms with Crippen molar-refractivity contribution in [1.82, 2.24) is 15.5 Å². The first-order chi connectivity index (χ1) is 6.22. The molecule has 1 aromatic rings. The van der Waals surface area contributed by atoms with Gasteiger partial charge in [-0.25, -0.2) is 0 Å². The highest BCUT2D eigenvalue weighted by molar-refractivity contribution is 8.01. The molecule has 2 unspecified atom stereocenters. The van der Waals surface area contributed by atoms with Gasteiger partial charge in [0.2, 0.25) is 0 Å². The lowest BCUT2D eigenvalue weighted by molar-refractivity contribution is 0.564. The molecule has 1 N–H and O–H groups in total. The van der Waals surface area contributed by atoms with Gasteiger partial charge < -0.3 is 5.32 Å². The topological polar surface area (TPSA) is 37.8 Å². The zero-order chi connectivity index (χ0) is 9.68. The van der Waals surface area contributed by atoms with Gasteiger partial charge in [-0.15, -0.1) is 10.2 Å². The normalized spacial score (nSPS) is 15.6. The summed E-state index contributed by atoms with van der Waals surface area (Å²) >= 11 is 3.41. The number of aromatic nitrogens is 2. The standard InChI is InChI=1S/C8H15N3S2/c1-6(9-3)4-7(2)13-8-11-10-5-12-8/h5-7,9H,4H2,1-3H3. The summed E-state index contributed by atoms with van der Waals surface area (Å²) < 4.78 is 1.07. The Labute approximate surface area is 87.3 Å². The molecule has 0 spiro atoms. The van der Waals surface area contributed by atoms with Crippen LogP contribution in [0.4, 0.5) is 0 Å². The first-order valence-electron chi connectivity index (χ1n) is 4.32. The Morgan fingerprint density at radius 2 is 2.38 bits per heavy atom. The summed E-state index contributed by atoms with van der Waals surface area (Å²) in [4.78, 5) is 0. The maximum absolute atomic E-state index is 4.00. The average molecular weight is 217 g/mol. The van der Waals surface area contributed by atoms with Crippen LogP contribution in [-0.4, -0.2) is 28.5 Å². The lowest BCUT2D eigenvalue weighted by atomic mass is 10.2. The fourth-order valence-electron chi connectivity index (χ4n) is 1.05. The molecule has 0 radical (unpaired) electrons. The third-order valence-electron chi connectivity index (χ3n) is 1.82. The minimum absolute atomic E-state index is 0.565. The van der Waals surface area contributed by atoms with E-state index in [2.05, 4.69) is 29.4 Å². The van der Waals surface area contributed by atoms with E-state index < -0.39 is 0 Å². The second-order valence-corrected chi connectivity index (χ2v) is 5.58. The van der Waals surface area contributed by atoms with E-state index in [9.17, 15) is 0 Å². The third kappa shape index (κ3) is 4.06. The Balaban J connectivity index is 2.29. The maximum atomic E-state index is 4.00. The first kappa shape index (κ1) is 10.9. The van der Waals surface area contributed by atoms with Gasteiger partial charge in [-0.05, 0) is 20.4 Å². The van der Waals surface area contributed by atoms with Crippen LogP contribution >= 0.6 is 23.1 Å². The van der Waals surface area contributed by atoms with E-state index in [1.54, 1.807) is 28.6 Å². The SMILES string of the molecule is CNC(C)CC(C)Sc1nncs1. The van der Waals surface area contributed by atoms with E-state index in [0.29, 0.717) is 11.3 Å². The Hall–Kier alpha value is -0.130. The van der Waals surface area contributed by atoms with Crippen molar-refractivity contribution in [3.63, 3.8) is 0 Å². The second kappa shape index (κ2) is 5.57. The Morgan fingerprint density at radius 1 is 1.62 bits per heavy atom. The molecule has 1 heterocycles. The molecule has 0 aromatic carbocycles. The number of rotatable bonds is 5. The van der Waals surface area contributed by atoms with Gasteiger partial charge in [-0.3, -0.25) is 0 Å². The molecule has 0 fully saturated rings. The van der Waals surface area contributed by atoms with Crippen molar-refractivity contribution >= 4 is 23.1 Å². The lowest BCUT2D eigenvalue weighted by Gasteiger charge is -2.14. The smallest absolute Gasteiger partial charge is 0.174 e. The molecule has 0 amide bonds. The van der Waals surface area contributed by atoms with Crippen LogP contribution in [-0.2, 0) is 0 Å². The molecule has 1 aromatic heterocycles. The zero-order valence-electron chi connectivity index (χ0n) is 8.15. The Morgan fingerprint density at radius 3 is 2.92 bits per heavy atom. The second-order valence-electron chi connectivity index (χ2n) is 3.06. The first-order valence-corrected chi connectivity index (χ1v) is 6.08. The molecule has 0 saturated heterocycles. The van der Waals surface area contributed by atoms with Gasteiger partial charge in [0, 0.05) is 11.3 Å². The van der Waals surface area contributed by atoms with Crippen LogP contribution in [0.15, 0.2) is 9.85 Å². The van der Waals surface area contributed by atoms with E-state index in [-0.39, 0.29) is 0 Å². The Kier molecular flexibility index (Phi) is 4.69. The van der Waals surface area contributed by atoms with Crippen LogP contribution in [0, 0.1) is 0 Å². The van der Waals surface area contributed by atoms with Crippen LogP contribution in [0.2, 0.25) is 0 Å². The fourth-order valence-corrected chi connectivity index (χ4v) is 3.00. The highest BCUT2D eigenvalue weighted by atomic mass is 32.2. The largest absolute Gasteiger partial charge is 0.317 e. The summed E-state index contributed by atoms with van der Waals surface area (Å²) in [5.41, 5.74) is 1.77. The van der Waals surface area contributed by atoms with Gasteiger partial charge >= 0.3 is 0 Å². The summed E-state index contributed by atoms with van der Waals surface area (Å²) in [7, 11) is 1.99. The predicted octanol–water partition coefficient (Wildman–Crippen LogP) is 2.02. The molecule has 3 nitrogen and oxygen atoms in total. The number of nitrogens with zero attached hydrogens (tertiary/aromatic N) is 2. The van der Waals surface area contributed by atoms with Crippen molar-refractivity contribution in [2.75, 3.05) is 7.05 Å². The molecule has 0 saturated carbocycles. The van der Waals surface area contributed by atoms with Crippen LogP contribution < -0.4 is 5.32 Å². The van der Waals surface area contributed by atoms with Gasteiger partial charge in [0.1, 0.15) is 5.51 Å². The number of nitrogens with one attached hydrogen (secondary N) is 1. The molecule has 74 valence electrons. The monoisotopic (exact) mass is 217 g/mol. The molecule has 5 heteroatoms. The molecular weight excluding hydrogens is 202 g/mol. The van der Waals surface area contributed by atoms with Crippen molar-refractivity contribution in [2.45, 2.75) is 35.9 Å². The minimum Gasteiger partial charge on any atom is -0.317 e. The van der Waals surface area contributed by atoms with Crippen molar-refractivity contribution in [3.05, 3.63) is 5.51 Å². The van der Waals surface area contributed by atoms with Crippen LogP contribution in [0.3, 0.4) is 0 Å². The van der Waals surface area contributed by atoms with Gasteiger partial charge in [0.15, 0.2) is 4.34 Å².